The summed E-state index contributed by atoms with van der Waals surface area (Å²) in [5.74, 6) is 0.319. The van der Waals surface area contributed by atoms with Crippen LogP contribution in [0.4, 0.5) is 0 Å². The zero-order valence-corrected chi connectivity index (χ0v) is 10.5. The Kier molecular flexibility index (Phi) is 4.33. The van der Waals surface area contributed by atoms with Crippen LogP contribution in [0.15, 0.2) is 0 Å². The summed E-state index contributed by atoms with van der Waals surface area (Å²) < 4.78 is 0. The van der Waals surface area contributed by atoms with Crippen LogP contribution in [0.5, 0.6) is 0 Å². The van der Waals surface area contributed by atoms with Crippen LogP contribution in [0.2, 0.25) is 0 Å². The summed E-state index contributed by atoms with van der Waals surface area (Å²) in [5, 5.41) is 12.2. The van der Waals surface area contributed by atoms with Crippen LogP contribution in [0.3, 0.4) is 0 Å². The van der Waals surface area contributed by atoms with Gasteiger partial charge in [-0.1, -0.05) is 20.8 Å². The average molecular weight is 228 g/mol. The Balaban J connectivity index is 2.30. The average Bonchev–Trinajstić information content (AvgIpc) is 2.58. The third-order valence-electron chi connectivity index (χ3n) is 3.29. The summed E-state index contributed by atoms with van der Waals surface area (Å²) >= 11 is 0. The molecule has 1 aliphatic carbocycles. The highest BCUT2D eigenvalue weighted by atomic mass is 16.3. The minimum atomic E-state index is -0.473. The minimum Gasteiger partial charge on any atom is -0.393 e. The molecule has 4 nitrogen and oxygen atoms in total. The molecule has 16 heavy (non-hydrogen) atoms. The standard InChI is InChI=1S/C12H24N2O2/c1-12(2,3)10(13)11(16)14-7-8-4-5-9(15)6-8/h8-10,15H,4-7,13H2,1-3H3,(H,14,16). The van der Waals surface area contributed by atoms with E-state index < -0.39 is 6.04 Å². The van der Waals surface area contributed by atoms with Crippen LogP contribution in [0.1, 0.15) is 40.0 Å². The number of aliphatic hydroxyl groups excluding tert-OH is 1. The molecule has 0 saturated heterocycles. The first-order valence-electron chi connectivity index (χ1n) is 6.02. The number of hydrogen-bond donors (Lipinski definition) is 3. The molecule has 0 aliphatic heterocycles. The van der Waals surface area contributed by atoms with Gasteiger partial charge in [0.15, 0.2) is 0 Å². The number of carbonyl (C=O) groups excluding carboxylic acids is 1. The molecule has 0 aromatic carbocycles. The molecule has 0 aromatic rings. The maximum Gasteiger partial charge on any atom is 0.237 e. The van der Waals surface area contributed by atoms with Crippen molar-refractivity contribution in [2.45, 2.75) is 52.2 Å². The summed E-state index contributed by atoms with van der Waals surface area (Å²) in [7, 11) is 0. The van der Waals surface area contributed by atoms with Gasteiger partial charge in [-0.3, -0.25) is 4.79 Å². The Morgan fingerprint density at radius 2 is 2.12 bits per heavy atom. The number of nitrogens with one attached hydrogen (secondary N) is 1. The second-order valence-electron chi connectivity index (χ2n) is 5.92. The zero-order chi connectivity index (χ0) is 12.3. The van der Waals surface area contributed by atoms with Crippen molar-refractivity contribution in [3.8, 4) is 0 Å². The van der Waals surface area contributed by atoms with Gasteiger partial charge in [0.25, 0.3) is 0 Å². The Labute approximate surface area is 97.6 Å². The van der Waals surface area contributed by atoms with Crippen LogP contribution in [-0.2, 0) is 4.79 Å². The third-order valence-corrected chi connectivity index (χ3v) is 3.29. The predicted molar refractivity (Wildman–Crippen MR) is 63.8 cm³/mol. The molecule has 0 heterocycles. The van der Waals surface area contributed by atoms with E-state index >= 15 is 0 Å². The molecule has 1 fully saturated rings. The highest BCUT2D eigenvalue weighted by molar-refractivity contribution is 5.82. The molecule has 0 radical (unpaired) electrons. The van der Waals surface area contributed by atoms with E-state index in [1.54, 1.807) is 0 Å². The second kappa shape index (κ2) is 5.15. The molecule has 0 spiro atoms. The van der Waals surface area contributed by atoms with Gasteiger partial charge in [-0.2, -0.15) is 0 Å². The van der Waals surface area contributed by atoms with Crippen molar-refractivity contribution < 1.29 is 9.90 Å². The summed E-state index contributed by atoms with van der Waals surface area (Å²) in [6.45, 7) is 6.50. The molecule has 3 atom stereocenters. The summed E-state index contributed by atoms with van der Waals surface area (Å²) in [5.41, 5.74) is 5.64. The zero-order valence-electron chi connectivity index (χ0n) is 10.5. The molecule has 1 rings (SSSR count). The number of carbonyl (C=O) groups is 1. The van der Waals surface area contributed by atoms with E-state index in [2.05, 4.69) is 5.32 Å². The monoisotopic (exact) mass is 228 g/mol. The van der Waals surface area contributed by atoms with Crippen molar-refractivity contribution in [2.24, 2.45) is 17.1 Å². The Morgan fingerprint density at radius 1 is 1.50 bits per heavy atom. The molecular weight excluding hydrogens is 204 g/mol. The highest BCUT2D eigenvalue weighted by Gasteiger charge is 2.29. The van der Waals surface area contributed by atoms with Gasteiger partial charge < -0.3 is 16.2 Å². The molecule has 1 amide bonds. The SMILES string of the molecule is CC(C)(C)C(N)C(=O)NCC1CCC(O)C1. The van der Waals surface area contributed by atoms with Gasteiger partial charge in [0.2, 0.25) is 5.91 Å². The molecule has 4 heteroatoms. The lowest BCUT2D eigenvalue weighted by atomic mass is 9.87. The van der Waals surface area contributed by atoms with E-state index in [1.165, 1.54) is 0 Å². The molecule has 0 bridgehead atoms. The van der Waals surface area contributed by atoms with Crippen molar-refractivity contribution in [3.05, 3.63) is 0 Å². The van der Waals surface area contributed by atoms with Crippen LogP contribution >= 0.6 is 0 Å². The summed E-state index contributed by atoms with van der Waals surface area (Å²) in [4.78, 5) is 11.7. The van der Waals surface area contributed by atoms with Crippen molar-refractivity contribution in [3.63, 3.8) is 0 Å². The van der Waals surface area contributed by atoms with Crippen molar-refractivity contribution in [1.82, 2.24) is 5.32 Å². The molecular formula is C12H24N2O2. The minimum absolute atomic E-state index is 0.0890. The van der Waals surface area contributed by atoms with Crippen LogP contribution in [0.25, 0.3) is 0 Å². The molecule has 3 unspecified atom stereocenters. The quantitative estimate of drug-likeness (QED) is 0.663. The van der Waals surface area contributed by atoms with Crippen LogP contribution in [-0.4, -0.2) is 29.7 Å². The molecule has 1 aliphatic rings. The normalized spacial score (nSPS) is 27.8. The number of nitrogens with two attached hydrogens (primary N) is 1. The molecule has 0 aromatic heterocycles. The van der Waals surface area contributed by atoms with Gasteiger partial charge in [0.05, 0.1) is 12.1 Å². The van der Waals surface area contributed by atoms with Gasteiger partial charge in [0, 0.05) is 6.54 Å². The Morgan fingerprint density at radius 3 is 2.56 bits per heavy atom. The van der Waals surface area contributed by atoms with Gasteiger partial charge in [0.1, 0.15) is 0 Å². The fourth-order valence-electron chi connectivity index (χ4n) is 1.98. The third kappa shape index (κ3) is 3.76. The van der Waals surface area contributed by atoms with Crippen molar-refractivity contribution in [1.29, 1.82) is 0 Å². The van der Waals surface area contributed by atoms with E-state index in [-0.39, 0.29) is 17.4 Å². The molecule has 1 saturated carbocycles. The highest BCUT2D eigenvalue weighted by Crippen LogP contribution is 2.24. The van der Waals surface area contributed by atoms with E-state index in [4.69, 9.17) is 5.73 Å². The van der Waals surface area contributed by atoms with Gasteiger partial charge in [-0.25, -0.2) is 0 Å². The van der Waals surface area contributed by atoms with Crippen molar-refractivity contribution in [2.75, 3.05) is 6.54 Å². The van der Waals surface area contributed by atoms with E-state index in [1.807, 2.05) is 20.8 Å². The Bertz CT molecular complexity index is 248. The smallest absolute Gasteiger partial charge is 0.237 e. The second-order valence-corrected chi connectivity index (χ2v) is 5.92. The van der Waals surface area contributed by atoms with Crippen molar-refractivity contribution >= 4 is 5.91 Å². The number of hydrogen-bond acceptors (Lipinski definition) is 3. The van der Waals surface area contributed by atoms with E-state index in [0.29, 0.717) is 12.5 Å². The maximum absolute atomic E-state index is 11.7. The summed E-state index contributed by atoms with van der Waals surface area (Å²) in [6.07, 6.45) is 2.46. The lowest BCUT2D eigenvalue weighted by molar-refractivity contribution is -0.124. The van der Waals surface area contributed by atoms with Gasteiger partial charge in [-0.15, -0.1) is 0 Å². The van der Waals surface area contributed by atoms with E-state index in [9.17, 15) is 9.90 Å². The first kappa shape index (κ1) is 13.5. The van der Waals surface area contributed by atoms with Crippen LogP contribution in [0, 0.1) is 11.3 Å². The topological polar surface area (TPSA) is 75.4 Å². The van der Waals surface area contributed by atoms with Gasteiger partial charge in [-0.05, 0) is 30.6 Å². The predicted octanol–water partition coefficient (Wildman–Crippen LogP) is 0.637. The van der Waals surface area contributed by atoms with E-state index in [0.717, 1.165) is 19.3 Å². The lowest BCUT2D eigenvalue weighted by Gasteiger charge is -2.26. The summed E-state index contributed by atoms with van der Waals surface area (Å²) in [6, 6.07) is -0.473. The number of aliphatic hydroxyl groups is 1. The van der Waals surface area contributed by atoms with Gasteiger partial charge >= 0.3 is 0 Å². The lowest BCUT2D eigenvalue weighted by Crippen LogP contribution is -2.49. The molecule has 4 N–H and O–H groups in total. The Hall–Kier alpha value is -0.610. The number of amides is 1. The first-order chi connectivity index (χ1) is 7.30. The fraction of sp³-hybridized carbons (Fsp3) is 0.917. The fourth-order valence-corrected chi connectivity index (χ4v) is 1.98. The largest absolute Gasteiger partial charge is 0.393 e. The number of rotatable bonds is 3. The van der Waals surface area contributed by atoms with Crippen LogP contribution < -0.4 is 11.1 Å². The first-order valence-corrected chi connectivity index (χ1v) is 6.02. The molecule has 94 valence electrons. The maximum atomic E-state index is 11.7.